The van der Waals surface area contributed by atoms with Crippen molar-refractivity contribution < 1.29 is 17.9 Å². The van der Waals surface area contributed by atoms with E-state index in [1.165, 1.54) is 36.8 Å². The van der Waals surface area contributed by atoms with Gasteiger partial charge in [-0.1, -0.05) is 63.8 Å². The van der Waals surface area contributed by atoms with E-state index in [0.717, 1.165) is 61.7 Å². The molecule has 44 heavy (non-hydrogen) atoms. The maximum atomic E-state index is 13.3. The number of ether oxygens (including phenoxy) is 1. The van der Waals surface area contributed by atoms with Crippen molar-refractivity contribution in [3.8, 4) is 0 Å². The smallest absolute Gasteiger partial charge is 0.379 e. The lowest BCUT2D eigenvalue weighted by atomic mass is 10.0. The number of nitrogens with zero attached hydrogens (tertiary/aromatic N) is 2. The first-order valence-corrected chi connectivity index (χ1v) is 15.9. The average molecular weight is 607 g/mol. The molecule has 2 heterocycles. The number of hydrogen-bond donors (Lipinski definition) is 2. The predicted octanol–water partition coefficient (Wildman–Crippen LogP) is 9.71. The number of aryl methyl sites for hydroxylation is 2. The molecule has 3 aromatic rings. The van der Waals surface area contributed by atoms with Crippen LogP contribution < -0.4 is 10.2 Å². The van der Waals surface area contributed by atoms with Gasteiger partial charge < -0.3 is 15.0 Å². The van der Waals surface area contributed by atoms with Gasteiger partial charge in [0.2, 0.25) is 0 Å². The number of aromatic nitrogens is 1. The molecule has 1 fully saturated rings. The zero-order valence-electron chi connectivity index (χ0n) is 25.9. The number of halogens is 3. The molecule has 1 saturated heterocycles. The van der Waals surface area contributed by atoms with Crippen LogP contribution in [0.25, 0.3) is 5.70 Å². The summed E-state index contributed by atoms with van der Waals surface area (Å²) >= 11 is 0. The molecule has 1 unspecified atom stereocenters. The molecule has 0 radical (unpaired) electrons. The van der Waals surface area contributed by atoms with Gasteiger partial charge in [0.05, 0.1) is 29.9 Å². The lowest BCUT2D eigenvalue weighted by molar-refractivity contribution is -0.0584. The van der Waals surface area contributed by atoms with Crippen LogP contribution in [0.2, 0.25) is 0 Å². The molecule has 1 aliphatic heterocycles. The van der Waals surface area contributed by atoms with E-state index >= 15 is 0 Å². The highest BCUT2D eigenvalue weighted by atomic mass is 19.4. The normalized spacial score (nSPS) is 15.7. The number of unbranched alkanes of at least 4 members (excludes halogenated alkanes) is 4. The third-order valence-electron chi connectivity index (χ3n) is 7.92. The van der Waals surface area contributed by atoms with E-state index in [4.69, 9.17) is 10.1 Å². The number of pyridine rings is 1. The first kappa shape index (κ1) is 33.2. The first-order chi connectivity index (χ1) is 21.3. The Kier molecular flexibility index (Phi) is 12.4. The van der Waals surface area contributed by atoms with Crippen LogP contribution in [-0.2, 0) is 17.6 Å². The highest BCUT2D eigenvalue weighted by Gasteiger charge is 2.33. The zero-order valence-corrected chi connectivity index (χ0v) is 25.9. The molecule has 0 saturated carbocycles. The van der Waals surface area contributed by atoms with E-state index < -0.39 is 11.9 Å². The Morgan fingerprint density at radius 1 is 0.886 bits per heavy atom. The third-order valence-corrected chi connectivity index (χ3v) is 7.92. The van der Waals surface area contributed by atoms with Crippen LogP contribution in [0.4, 0.5) is 30.2 Å². The van der Waals surface area contributed by atoms with Gasteiger partial charge in [-0.25, -0.2) is 0 Å². The molecule has 2 aromatic carbocycles. The Hall–Kier alpha value is -3.65. The van der Waals surface area contributed by atoms with Gasteiger partial charge in [-0.05, 0) is 92.1 Å². The van der Waals surface area contributed by atoms with E-state index in [0.29, 0.717) is 18.9 Å². The summed E-state index contributed by atoms with van der Waals surface area (Å²) in [6, 6.07) is 20.6. The highest BCUT2D eigenvalue weighted by Crippen LogP contribution is 2.35. The fourth-order valence-electron chi connectivity index (χ4n) is 5.40. The van der Waals surface area contributed by atoms with E-state index in [2.05, 4.69) is 77.6 Å². The summed E-state index contributed by atoms with van der Waals surface area (Å²) in [6.07, 6.45) is 8.52. The summed E-state index contributed by atoms with van der Waals surface area (Å²) in [5.74, 6) is 0. The molecule has 0 spiro atoms. The molecule has 5 nitrogen and oxygen atoms in total. The largest absolute Gasteiger partial charge is 0.432 e. The summed E-state index contributed by atoms with van der Waals surface area (Å²) in [5, 5.41) is 10.8. The quantitative estimate of drug-likeness (QED) is 0.134. The second-order valence-corrected chi connectivity index (χ2v) is 11.5. The minimum atomic E-state index is -4.75. The zero-order chi connectivity index (χ0) is 31.4. The van der Waals surface area contributed by atoms with E-state index in [9.17, 15) is 13.2 Å². The van der Waals surface area contributed by atoms with Crippen molar-refractivity contribution >= 4 is 28.5 Å². The maximum absolute atomic E-state index is 13.3. The lowest BCUT2D eigenvalue weighted by Gasteiger charge is -2.27. The van der Waals surface area contributed by atoms with Gasteiger partial charge in [-0.2, -0.15) is 13.2 Å². The molecule has 4 rings (SSSR count). The minimum Gasteiger partial charge on any atom is -0.379 e. The Morgan fingerprint density at radius 2 is 1.45 bits per heavy atom. The number of hydrogen-bond acceptors (Lipinski definition) is 5. The van der Waals surface area contributed by atoms with Crippen LogP contribution in [0.1, 0.15) is 82.0 Å². The Labute approximate surface area is 260 Å². The van der Waals surface area contributed by atoms with Crippen LogP contribution in [0, 0.1) is 5.41 Å². The Bertz CT molecular complexity index is 1280. The van der Waals surface area contributed by atoms with Crippen LogP contribution in [0.5, 0.6) is 0 Å². The minimum absolute atomic E-state index is 0.152. The second kappa shape index (κ2) is 16.4. The number of benzene rings is 2. The fraction of sp³-hybridized carbons (Fsp3) is 0.444. The molecule has 0 amide bonds. The van der Waals surface area contributed by atoms with Crippen LogP contribution >= 0.6 is 0 Å². The van der Waals surface area contributed by atoms with Gasteiger partial charge in [-0.3, -0.25) is 10.4 Å². The van der Waals surface area contributed by atoms with Crippen LogP contribution in [0.3, 0.4) is 0 Å². The molecule has 236 valence electrons. The summed E-state index contributed by atoms with van der Waals surface area (Å²) in [5.41, 5.74) is 4.40. The van der Waals surface area contributed by atoms with E-state index in [1.54, 1.807) is 12.3 Å². The number of rotatable bonds is 15. The highest BCUT2D eigenvalue weighted by molar-refractivity contribution is 6.02. The molecular formula is C36H45F3N4O. The lowest BCUT2D eigenvalue weighted by Crippen LogP contribution is -2.36. The summed E-state index contributed by atoms with van der Waals surface area (Å²) in [7, 11) is 0. The van der Waals surface area contributed by atoms with Crippen LogP contribution in [-0.4, -0.2) is 36.1 Å². The third kappa shape index (κ3) is 9.68. The molecule has 0 bridgehead atoms. The van der Waals surface area contributed by atoms with Crippen molar-refractivity contribution in [2.45, 2.75) is 90.3 Å². The monoisotopic (exact) mass is 606 g/mol. The van der Waals surface area contributed by atoms with Gasteiger partial charge in [0.15, 0.2) is 0 Å². The maximum Gasteiger partial charge on any atom is 0.432 e. The summed E-state index contributed by atoms with van der Waals surface area (Å²) < 4.78 is 45.5. The van der Waals surface area contributed by atoms with Crippen molar-refractivity contribution in [3.05, 3.63) is 89.8 Å². The molecule has 8 heteroatoms. The van der Waals surface area contributed by atoms with E-state index in [-0.39, 0.29) is 11.7 Å². The molecule has 2 N–H and O–H groups in total. The fourth-order valence-corrected chi connectivity index (χ4v) is 5.40. The van der Waals surface area contributed by atoms with Crippen molar-refractivity contribution in [1.29, 1.82) is 5.41 Å². The number of allylic oxidation sites excluding steroid dienone is 1. The van der Waals surface area contributed by atoms with E-state index in [1.807, 2.05) is 6.07 Å². The standard InChI is InChI=1S/C36H45F3N4O/c1-3-5-7-10-27-13-17-30(18-14-27)43(31-19-15-28(16-20-31)11-8-6-4-2)32-21-22-33(41-25-32)34(24-35(40)36(37,38)39)42-29-12-9-23-44-26-29/h13-22,24-25,29,40,42H,3-12,23,26H2,1-2H3/b34-24-,40-35?. The average Bonchev–Trinajstić information content (AvgIpc) is 3.03. The first-order valence-electron chi connectivity index (χ1n) is 15.9. The van der Waals surface area contributed by atoms with Gasteiger partial charge >= 0.3 is 6.18 Å². The molecule has 1 atom stereocenters. The van der Waals surface area contributed by atoms with Gasteiger partial charge in [0, 0.05) is 24.0 Å². The van der Waals surface area contributed by atoms with Gasteiger partial charge in [-0.15, -0.1) is 0 Å². The predicted molar refractivity (Wildman–Crippen MR) is 174 cm³/mol. The number of anilines is 3. The molecule has 0 aliphatic carbocycles. The second-order valence-electron chi connectivity index (χ2n) is 11.5. The van der Waals surface area contributed by atoms with Gasteiger partial charge in [0.25, 0.3) is 0 Å². The Morgan fingerprint density at radius 3 is 1.91 bits per heavy atom. The van der Waals surface area contributed by atoms with Crippen molar-refractivity contribution in [3.63, 3.8) is 0 Å². The van der Waals surface area contributed by atoms with Crippen molar-refractivity contribution in [1.82, 2.24) is 10.3 Å². The molecule has 1 aromatic heterocycles. The van der Waals surface area contributed by atoms with Crippen molar-refractivity contribution in [2.24, 2.45) is 0 Å². The number of nitrogens with one attached hydrogen (secondary N) is 2. The van der Waals surface area contributed by atoms with Crippen molar-refractivity contribution in [2.75, 3.05) is 18.1 Å². The summed E-state index contributed by atoms with van der Waals surface area (Å²) in [4.78, 5) is 6.73. The Balaban J connectivity index is 1.65. The molecule has 1 aliphatic rings. The van der Waals surface area contributed by atoms with Gasteiger partial charge in [0.1, 0.15) is 5.71 Å². The SMILES string of the molecule is CCCCCc1ccc(N(c2ccc(CCCCC)cc2)c2ccc(/C(=C/C(=N)C(F)(F)F)NC3CCCOC3)nc2)cc1. The number of alkyl halides is 3. The summed E-state index contributed by atoms with van der Waals surface area (Å²) in [6.45, 7) is 5.44. The molecular weight excluding hydrogens is 561 g/mol. The van der Waals surface area contributed by atoms with Crippen LogP contribution in [0.15, 0.2) is 72.9 Å². The topological polar surface area (TPSA) is 61.2 Å².